The average molecular weight is 354 g/mol. The van der Waals surface area contributed by atoms with Gasteiger partial charge in [0.25, 0.3) is 0 Å². The van der Waals surface area contributed by atoms with E-state index in [1.165, 1.54) is 22.6 Å². The molecule has 2 aliphatic rings. The van der Waals surface area contributed by atoms with Crippen LogP contribution in [0, 0.1) is 12.3 Å². The maximum Gasteiger partial charge on any atom is 0.109 e. The van der Waals surface area contributed by atoms with Gasteiger partial charge in [-0.15, -0.1) is 0 Å². The second-order valence-electron chi connectivity index (χ2n) is 8.48. The van der Waals surface area contributed by atoms with Crippen LogP contribution in [0.2, 0.25) is 0 Å². The first-order valence-electron chi connectivity index (χ1n) is 9.74. The first kappa shape index (κ1) is 17.6. The standard InChI is InChI=1S/C22H30N2O2/c1-16-12-19-20(13-22(2,3)14-21(19)26-16)23-15-17-4-6-18(7-5-17)24-8-10-25-11-9-24/h4-7,12,20,23H,8-11,13-15H2,1-3H3. The number of morpholine rings is 1. The molecule has 0 radical (unpaired) electrons. The van der Waals surface area contributed by atoms with E-state index in [0.29, 0.717) is 6.04 Å². The SMILES string of the molecule is Cc1cc2c(o1)CC(C)(C)CC2NCc1ccc(N2CCOCC2)cc1. The van der Waals surface area contributed by atoms with Gasteiger partial charge in [0.05, 0.1) is 13.2 Å². The second-order valence-corrected chi connectivity index (χ2v) is 8.48. The number of hydrogen-bond acceptors (Lipinski definition) is 4. The Balaban J connectivity index is 1.42. The van der Waals surface area contributed by atoms with Gasteiger partial charge in [-0.3, -0.25) is 0 Å². The van der Waals surface area contributed by atoms with Crippen LogP contribution in [0.25, 0.3) is 0 Å². The fraction of sp³-hybridized carbons (Fsp3) is 0.545. The summed E-state index contributed by atoms with van der Waals surface area (Å²) in [6.45, 7) is 11.2. The minimum Gasteiger partial charge on any atom is -0.466 e. The molecule has 26 heavy (non-hydrogen) atoms. The summed E-state index contributed by atoms with van der Waals surface area (Å²) in [6.07, 6.45) is 2.17. The molecule has 0 bridgehead atoms. The smallest absolute Gasteiger partial charge is 0.109 e. The van der Waals surface area contributed by atoms with Crippen LogP contribution < -0.4 is 10.2 Å². The molecule has 1 saturated heterocycles. The van der Waals surface area contributed by atoms with Crippen LogP contribution in [0.5, 0.6) is 0 Å². The Morgan fingerprint density at radius 1 is 1.15 bits per heavy atom. The first-order chi connectivity index (χ1) is 12.5. The van der Waals surface area contributed by atoms with E-state index in [9.17, 15) is 0 Å². The number of ether oxygens (including phenoxy) is 1. The molecule has 140 valence electrons. The molecule has 1 aromatic carbocycles. The lowest BCUT2D eigenvalue weighted by Gasteiger charge is -2.35. The summed E-state index contributed by atoms with van der Waals surface area (Å²) >= 11 is 0. The van der Waals surface area contributed by atoms with E-state index < -0.39 is 0 Å². The number of fused-ring (bicyclic) bond motifs is 1. The van der Waals surface area contributed by atoms with E-state index in [2.05, 4.69) is 54.4 Å². The third-order valence-electron chi connectivity index (χ3n) is 5.60. The number of aryl methyl sites for hydroxylation is 1. The molecular weight excluding hydrogens is 324 g/mol. The summed E-state index contributed by atoms with van der Waals surface area (Å²) in [7, 11) is 0. The van der Waals surface area contributed by atoms with Gasteiger partial charge in [-0.05, 0) is 42.5 Å². The number of anilines is 1. The summed E-state index contributed by atoms with van der Waals surface area (Å²) < 4.78 is 11.4. The van der Waals surface area contributed by atoms with Gasteiger partial charge in [0, 0.05) is 43.3 Å². The molecule has 1 atom stereocenters. The minimum atomic E-state index is 0.273. The van der Waals surface area contributed by atoms with Crippen LogP contribution in [0.4, 0.5) is 5.69 Å². The molecule has 1 N–H and O–H groups in total. The van der Waals surface area contributed by atoms with Crippen molar-refractivity contribution >= 4 is 5.69 Å². The molecule has 1 aliphatic heterocycles. The highest BCUT2D eigenvalue weighted by molar-refractivity contribution is 5.48. The Morgan fingerprint density at radius 3 is 2.62 bits per heavy atom. The summed E-state index contributed by atoms with van der Waals surface area (Å²) in [5, 5.41) is 3.77. The Labute approximate surface area is 156 Å². The summed E-state index contributed by atoms with van der Waals surface area (Å²) in [4.78, 5) is 2.39. The van der Waals surface area contributed by atoms with Gasteiger partial charge in [0.2, 0.25) is 0 Å². The lowest BCUT2D eigenvalue weighted by molar-refractivity contribution is 0.122. The maximum atomic E-state index is 5.95. The van der Waals surface area contributed by atoms with Crippen molar-refractivity contribution < 1.29 is 9.15 Å². The highest BCUT2D eigenvalue weighted by atomic mass is 16.5. The van der Waals surface area contributed by atoms with Crippen LogP contribution in [0.15, 0.2) is 34.7 Å². The molecule has 1 unspecified atom stereocenters. The molecule has 0 amide bonds. The van der Waals surface area contributed by atoms with E-state index in [0.717, 1.165) is 51.4 Å². The quantitative estimate of drug-likeness (QED) is 0.892. The van der Waals surface area contributed by atoms with Crippen molar-refractivity contribution in [3.05, 3.63) is 53.0 Å². The third-order valence-corrected chi connectivity index (χ3v) is 5.60. The van der Waals surface area contributed by atoms with Gasteiger partial charge in [0.1, 0.15) is 11.5 Å². The third kappa shape index (κ3) is 3.81. The molecule has 1 aromatic heterocycles. The van der Waals surface area contributed by atoms with E-state index in [1.54, 1.807) is 0 Å². The Kier molecular flexibility index (Phi) is 4.80. The van der Waals surface area contributed by atoms with Crippen molar-refractivity contribution in [3.63, 3.8) is 0 Å². The molecule has 1 fully saturated rings. The van der Waals surface area contributed by atoms with Crippen molar-refractivity contribution in [3.8, 4) is 0 Å². The molecular formula is C22H30N2O2. The van der Waals surface area contributed by atoms with Crippen LogP contribution in [-0.4, -0.2) is 26.3 Å². The van der Waals surface area contributed by atoms with Gasteiger partial charge >= 0.3 is 0 Å². The number of furan rings is 1. The van der Waals surface area contributed by atoms with Crippen molar-refractivity contribution in [1.82, 2.24) is 5.32 Å². The number of nitrogens with one attached hydrogen (secondary N) is 1. The molecule has 2 aromatic rings. The lowest BCUT2D eigenvalue weighted by atomic mass is 9.74. The zero-order valence-corrected chi connectivity index (χ0v) is 16.2. The predicted molar refractivity (Wildman–Crippen MR) is 105 cm³/mol. The Bertz CT molecular complexity index is 742. The maximum absolute atomic E-state index is 5.95. The second kappa shape index (κ2) is 7.09. The highest BCUT2D eigenvalue weighted by Crippen LogP contribution is 2.42. The van der Waals surface area contributed by atoms with Crippen LogP contribution in [0.1, 0.15) is 49.0 Å². The fourth-order valence-electron chi connectivity index (χ4n) is 4.25. The van der Waals surface area contributed by atoms with Gasteiger partial charge in [-0.25, -0.2) is 0 Å². The Hall–Kier alpha value is -1.78. The largest absolute Gasteiger partial charge is 0.466 e. The van der Waals surface area contributed by atoms with Crippen molar-refractivity contribution in [1.29, 1.82) is 0 Å². The van der Waals surface area contributed by atoms with E-state index in [-0.39, 0.29) is 5.41 Å². The number of benzene rings is 1. The van der Waals surface area contributed by atoms with Crippen molar-refractivity contribution in [2.45, 2.75) is 46.2 Å². The minimum absolute atomic E-state index is 0.273. The topological polar surface area (TPSA) is 37.6 Å². The van der Waals surface area contributed by atoms with Crippen LogP contribution >= 0.6 is 0 Å². The van der Waals surface area contributed by atoms with Crippen molar-refractivity contribution in [2.75, 3.05) is 31.2 Å². The summed E-state index contributed by atoms with van der Waals surface area (Å²) in [5.41, 5.74) is 4.25. The summed E-state index contributed by atoms with van der Waals surface area (Å²) in [6, 6.07) is 11.5. The Morgan fingerprint density at radius 2 is 1.88 bits per heavy atom. The number of nitrogens with zero attached hydrogens (tertiary/aromatic N) is 1. The summed E-state index contributed by atoms with van der Waals surface area (Å²) in [5.74, 6) is 2.19. The average Bonchev–Trinajstić information content (AvgIpc) is 3.00. The van der Waals surface area contributed by atoms with Gasteiger partial charge in [0.15, 0.2) is 0 Å². The molecule has 0 spiro atoms. The van der Waals surface area contributed by atoms with Gasteiger partial charge < -0.3 is 19.4 Å². The monoisotopic (exact) mass is 354 g/mol. The molecule has 4 nitrogen and oxygen atoms in total. The number of rotatable bonds is 4. The lowest BCUT2D eigenvalue weighted by Crippen LogP contribution is -2.36. The zero-order chi connectivity index (χ0) is 18.1. The fourth-order valence-corrected chi connectivity index (χ4v) is 4.25. The molecule has 2 heterocycles. The van der Waals surface area contributed by atoms with E-state index in [1.807, 2.05) is 6.92 Å². The molecule has 4 heteroatoms. The first-order valence-corrected chi connectivity index (χ1v) is 9.74. The van der Waals surface area contributed by atoms with Crippen molar-refractivity contribution in [2.24, 2.45) is 5.41 Å². The normalized spacial score (nSPS) is 22.3. The number of hydrogen-bond donors (Lipinski definition) is 1. The van der Waals surface area contributed by atoms with Gasteiger partial charge in [-0.2, -0.15) is 0 Å². The molecule has 0 saturated carbocycles. The van der Waals surface area contributed by atoms with Crippen LogP contribution in [-0.2, 0) is 17.7 Å². The predicted octanol–water partition coefficient (Wildman–Crippen LogP) is 4.23. The van der Waals surface area contributed by atoms with Crippen LogP contribution in [0.3, 0.4) is 0 Å². The zero-order valence-electron chi connectivity index (χ0n) is 16.2. The molecule has 1 aliphatic carbocycles. The molecule has 4 rings (SSSR count). The van der Waals surface area contributed by atoms with E-state index >= 15 is 0 Å². The van der Waals surface area contributed by atoms with E-state index in [4.69, 9.17) is 9.15 Å². The van der Waals surface area contributed by atoms with Gasteiger partial charge in [-0.1, -0.05) is 26.0 Å². The highest BCUT2D eigenvalue weighted by Gasteiger charge is 2.34.